The van der Waals surface area contributed by atoms with E-state index in [1.165, 1.54) is 7.11 Å². The first-order chi connectivity index (χ1) is 5.38. The van der Waals surface area contributed by atoms with Crippen LogP contribution in [0.2, 0.25) is 0 Å². The van der Waals surface area contributed by atoms with E-state index in [0.29, 0.717) is 6.42 Å². The van der Waals surface area contributed by atoms with Gasteiger partial charge in [-0.05, 0) is 6.92 Å². The van der Waals surface area contributed by atoms with Crippen LogP contribution in [0.1, 0.15) is 34.1 Å². The Morgan fingerprint density at radius 2 is 1.92 bits per heavy atom. The number of Topliss-reactive ketones (excluding diaryl/α,β-unsaturated/α-hetero) is 1. The number of carbonyl (C=O) groups is 1. The summed E-state index contributed by atoms with van der Waals surface area (Å²) in [6.45, 7) is 7.48. The molecule has 0 spiro atoms. The predicted molar refractivity (Wildman–Crippen MR) is 49.2 cm³/mol. The highest BCUT2D eigenvalue weighted by Crippen LogP contribution is 2.16. The summed E-state index contributed by atoms with van der Waals surface area (Å²) in [5.41, 5.74) is 0.433. The second-order valence-electron chi connectivity index (χ2n) is 3.86. The fraction of sp³-hybridized carbons (Fsp3) is 0.778. The van der Waals surface area contributed by atoms with Crippen molar-refractivity contribution in [3.05, 3.63) is 0 Å². The average Bonchev–Trinajstić information content (AvgIpc) is 1.85. The van der Waals surface area contributed by atoms with Crippen LogP contribution < -0.4 is 0 Å². The van der Waals surface area contributed by atoms with Crippen molar-refractivity contribution in [1.29, 1.82) is 0 Å². The second-order valence-corrected chi connectivity index (χ2v) is 3.86. The van der Waals surface area contributed by atoms with Crippen molar-refractivity contribution in [2.45, 2.75) is 34.1 Å². The third-order valence-corrected chi connectivity index (χ3v) is 1.50. The van der Waals surface area contributed by atoms with Gasteiger partial charge in [0.2, 0.25) is 0 Å². The molecule has 3 heteroatoms. The second kappa shape index (κ2) is 4.24. The topological polar surface area (TPSA) is 38.7 Å². The highest BCUT2D eigenvalue weighted by atomic mass is 16.6. The molecule has 3 nitrogen and oxygen atoms in total. The minimum absolute atomic E-state index is 0.181. The first kappa shape index (κ1) is 11.1. The van der Waals surface area contributed by atoms with Crippen molar-refractivity contribution in [2.75, 3.05) is 7.11 Å². The molecule has 0 atom stereocenters. The number of carbonyl (C=O) groups excluding carboxylic acids is 1. The number of nitrogens with zero attached hydrogens (tertiary/aromatic N) is 1. The lowest BCUT2D eigenvalue weighted by atomic mass is 9.88. The molecule has 0 saturated carbocycles. The molecule has 0 unspecified atom stereocenters. The lowest BCUT2D eigenvalue weighted by Gasteiger charge is -2.15. The molecule has 0 radical (unpaired) electrons. The lowest BCUT2D eigenvalue weighted by molar-refractivity contribution is -0.125. The fourth-order valence-electron chi connectivity index (χ4n) is 0.686. The van der Waals surface area contributed by atoms with Crippen LogP contribution in [0.15, 0.2) is 5.16 Å². The van der Waals surface area contributed by atoms with Crippen LogP contribution in [0.4, 0.5) is 0 Å². The maximum absolute atomic E-state index is 11.4. The molecule has 70 valence electrons. The van der Waals surface area contributed by atoms with Gasteiger partial charge in [-0.3, -0.25) is 4.79 Å². The normalized spacial score (nSPS) is 12.9. The summed E-state index contributed by atoms with van der Waals surface area (Å²) in [5.74, 6) is 0.181. The summed E-state index contributed by atoms with van der Waals surface area (Å²) < 4.78 is 0. The standard InChI is InChI=1S/C9H17NO2/c1-7(10-12-5)6-8(11)9(2,3)4/h6H2,1-5H3/b10-7-. The largest absolute Gasteiger partial charge is 0.399 e. The summed E-state index contributed by atoms with van der Waals surface area (Å²) in [7, 11) is 1.48. The molecule has 0 amide bonds. The van der Waals surface area contributed by atoms with E-state index >= 15 is 0 Å². The quantitative estimate of drug-likeness (QED) is 0.481. The van der Waals surface area contributed by atoms with Gasteiger partial charge in [-0.2, -0.15) is 0 Å². The summed E-state index contributed by atoms with van der Waals surface area (Å²) in [5, 5.41) is 3.67. The summed E-state index contributed by atoms with van der Waals surface area (Å²) in [6.07, 6.45) is 0.372. The molecular formula is C9H17NO2. The van der Waals surface area contributed by atoms with E-state index in [9.17, 15) is 4.79 Å². The zero-order valence-electron chi connectivity index (χ0n) is 8.47. The Bertz CT molecular complexity index is 189. The van der Waals surface area contributed by atoms with Gasteiger partial charge >= 0.3 is 0 Å². The average molecular weight is 171 g/mol. The molecule has 0 N–H and O–H groups in total. The van der Waals surface area contributed by atoms with Gasteiger partial charge < -0.3 is 4.84 Å². The molecule has 0 aromatic carbocycles. The molecule has 0 rings (SSSR count). The Morgan fingerprint density at radius 1 is 1.42 bits per heavy atom. The molecule has 0 aromatic heterocycles. The number of ketones is 1. The van der Waals surface area contributed by atoms with Gasteiger partial charge in [0.15, 0.2) is 0 Å². The van der Waals surface area contributed by atoms with Gasteiger partial charge in [0.1, 0.15) is 12.9 Å². The Hall–Kier alpha value is -0.860. The van der Waals surface area contributed by atoms with Gasteiger partial charge in [0, 0.05) is 11.8 Å². The Labute approximate surface area is 73.8 Å². The van der Waals surface area contributed by atoms with Gasteiger partial charge in [-0.25, -0.2) is 0 Å². The van der Waals surface area contributed by atoms with Crippen LogP contribution >= 0.6 is 0 Å². The molecular weight excluding hydrogens is 154 g/mol. The monoisotopic (exact) mass is 171 g/mol. The van der Waals surface area contributed by atoms with Crippen LogP contribution in [0, 0.1) is 5.41 Å². The van der Waals surface area contributed by atoms with Crippen molar-refractivity contribution in [2.24, 2.45) is 10.6 Å². The smallest absolute Gasteiger partial charge is 0.143 e. The minimum atomic E-state index is -0.287. The van der Waals surface area contributed by atoms with Crippen molar-refractivity contribution in [3.8, 4) is 0 Å². The van der Waals surface area contributed by atoms with E-state index in [4.69, 9.17) is 0 Å². The third-order valence-electron chi connectivity index (χ3n) is 1.50. The van der Waals surface area contributed by atoms with E-state index < -0.39 is 0 Å². The van der Waals surface area contributed by atoms with Crippen LogP contribution in [0.3, 0.4) is 0 Å². The zero-order chi connectivity index (χ0) is 9.78. The molecule has 0 heterocycles. The van der Waals surface area contributed by atoms with Crippen molar-refractivity contribution >= 4 is 11.5 Å². The molecule has 0 aromatic rings. The van der Waals surface area contributed by atoms with E-state index in [1.54, 1.807) is 6.92 Å². The van der Waals surface area contributed by atoms with Crippen molar-refractivity contribution < 1.29 is 9.63 Å². The van der Waals surface area contributed by atoms with Crippen LogP contribution in [-0.4, -0.2) is 18.6 Å². The molecule has 0 aliphatic rings. The van der Waals surface area contributed by atoms with Gasteiger partial charge in [0.25, 0.3) is 0 Å². The molecule has 0 saturated heterocycles. The maximum Gasteiger partial charge on any atom is 0.143 e. The van der Waals surface area contributed by atoms with Crippen LogP contribution in [-0.2, 0) is 9.63 Å². The first-order valence-electron chi connectivity index (χ1n) is 3.98. The third kappa shape index (κ3) is 4.11. The number of rotatable bonds is 3. The summed E-state index contributed by atoms with van der Waals surface area (Å²) >= 11 is 0. The molecule has 0 fully saturated rings. The van der Waals surface area contributed by atoms with Crippen molar-refractivity contribution in [1.82, 2.24) is 0 Å². The fourth-order valence-corrected chi connectivity index (χ4v) is 0.686. The van der Waals surface area contributed by atoms with E-state index in [1.807, 2.05) is 20.8 Å². The highest BCUT2D eigenvalue weighted by molar-refractivity contribution is 6.02. The van der Waals surface area contributed by atoms with Crippen LogP contribution in [0.5, 0.6) is 0 Å². The SMILES string of the molecule is CO/N=C(/C)CC(=O)C(C)(C)C. The first-order valence-corrected chi connectivity index (χ1v) is 3.98. The summed E-state index contributed by atoms with van der Waals surface area (Å²) in [4.78, 5) is 16.0. The zero-order valence-corrected chi connectivity index (χ0v) is 8.47. The highest BCUT2D eigenvalue weighted by Gasteiger charge is 2.21. The molecule has 12 heavy (non-hydrogen) atoms. The van der Waals surface area contributed by atoms with Crippen LogP contribution in [0.25, 0.3) is 0 Å². The van der Waals surface area contributed by atoms with E-state index in [0.717, 1.165) is 5.71 Å². The van der Waals surface area contributed by atoms with Gasteiger partial charge in [0.05, 0.1) is 5.71 Å². The molecule has 0 bridgehead atoms. The molecule has 0 aliphatic heterocycles. The lowest BCUT2D eigenvalue weighted by Crippen LogP contribution is -2.22. The Morgan fingerprint density at radius 3 is 2.25 bits per heavy atom. The summed E-state index contributed by atoms with van der Waals surface area (Å²) in [6, 6.07) is 0. The number of hydrogen-bond donors (Lipinski definition) is 0. The van der Waals surface area contributed by atoms with Gasteiger partial charge in [-0.1, -0.05) is 25.9 Å². The van der Waals surface area contributed by atoms with Crippen molar-refractivity contribution in [3.63, 3.8) is 0 Å². The molecule has 0 aliphatic carbocycles. The maximum atomic E-state index is 11.4. The van der Waals surface area contributed by atoms with E-state index in [-0.39, 0.29) is 11.2 Å². The number of hydrogen-bond acceptors (Lipinski definition) is 3. The number of oxime groups is 1. The Kier molecular flexibility index (Phi) is 3.93. The Balaban J connectivity index is 4.11. The van der Waals surface area contributed by atoms with E-state index in [2.05, 4.69) is 9.99 Å². The van der Waals surface area contributed by atoms with Gasteiger partial charge in [-0.15, -0.1) is 0 Å². The predicted octanol–water partition coefficient (Wildman–Crippen LogP) is 2.01. The minimum Gasteiger partial charge on any atom is -0.399 e.